The van der Waals surface area contributed by atoms with E-state index in [0.717, 1.165) is 19.1 Å². The quantitative estimate of drug-likeness (QED) is 0.705. The molecule has 1 aromatic carbocycles. The minimum absolute atomic E-state index is 0.119. The van der Waals surface area contributed by atoms with Crippen LogP contribution in [0.4, 0.5) is 0 Å². The van der Waals surface area contributed by atoms with Crippen LogP contribution in [-0.4, -0.2) is 6.29 Å². The molecule has 0 heterocycles. The number of carbonyl (C=O) groups is 1. The molecule has 0 radical (unpaired) electrons. The van der Waals surface area contributed by atoms with Crippen LogP contribution >= 0.6 is 0 Å². The van der Waals surface area contributed by atoms with Crippen LogP contribution in [0.25, 0.3) is 0 Å². The van der Waals surface area contributed by atoms with Gasteiger partial charge in [0.1, 0.15) is 6.29 Å². The Balaban J connectivity index is 2.64. The Hall–Kier alpha value is -1.11. The van der Waals surface area contributed by atoms with Gasteiger partial charge in [0.2, 0.25) is 0 Å². The second kappa shape index (κ2) is 5.29. The van der Waals surface area contributed by atoms with Gasteiger partial charge in [-0.25, -0.2) is 0 Å². The van der Waals surface area contributed by atoms with E-state index in [1.54, 1.807) is 0 Å². The van der Waals surface area contributed by atoms with Crippen molar-refractivity contribution < 1.29 is 4.79 Å². The average Bonchev–Trinajstić information content (AvgIpc) is 2.18. The molecule has 16 heavy (non-hydrogen) atoms. The predicted octanol–water partition coefficient (Wildman–Crippen LogP) is 3.65. The standard InChI is InChI=1S/C15H22O/c1-12(11-16)9-13-5-7-14(8-6-13)10-15(2,3)4/h5-8,11-12H,9-10H2,1-4H3. The predicted molar refractivity (Wildman–Crippen MR) is 68.5 cm³/mol. The Morgan fingerprint density at radius 3 is 2.06 bits per heavy atom. The van der Waals surface area contributed by atoms with Gasteiger partial charge >= 0.3 is 0 Å². The van der Waals surface area contributed by atoms with E-state index >= 15 is 0 Å². The molecule has 0 aliphatic carbocycles. The van der Waals surface area contributed by atoms with Gasteiger partial charge in [0.25, 0.3) is 0 Å². The Kier molecular flexibility index (Phi) is 4.28. The van der Waals surface area contributed by atoms with Crippen molar-refractivity contribution in [3.63, 3.8) is 0 Å². The summed E-state index contributed by atoms with van der Waals surface area (Å²) in [4.78, 5) is 10.6. The summed E-state index contributed by atoms with van der Waals surface area (Å²) in [6, 6.07) is 8.64. The van der Waals surface area contributed by atoms with Gasteiger partial charge in [-0.05, 0) is 29.4 Å². The molecular weight excluding hydrogens is 196 g/mol. The zero-order valence-corrected chi connectivity index (χ0v) is 10.8. The van der Waals surface area contributed by atoms with Crippen molar-refractivity contribution in [3.8, 4) is 0 Å². The van der Waals surface area contributed by atoms with E-state index in [1.807, 2.05) is 6.92 Å². The van der Waals surface area contributed by atoms with E-state index in [9.17, 15) is 4.79 Å². The number of aldehydes is 1. The summed E-state index contributed by atoms with van der Waals surface area (Å²) in [7, 11) is 0. The topological polar surface area (TPSA) is 17.1 Å². The molecular formula is C15H22O. The highest BCUT2D eigenvalue weighted by Gasteiger charge is 2.11. The minimum Gasteiger partial charge on any atom is -0.303 e. The number of rotatable bonds is 4. The van der Waals surface area contributed by atoms with Gasteiger partial charge in [-0.15, -0.1) is 0 Å². The molecule has 0 amide bonds. The molecule has 1 nitrogen and oxygen atoms in total. The molecule has 88 valence electrons. The Bertz CT molecular complexity index is 329. The SMILES string of the molecule is CC(C=O)Cc1ccc(CC(C)(C)C)cc1. The highest BCUT2D eigenvalue weighted by Crippen LogP contribution is 2.21. The zero-order chi connectivity index (χ0) is 12.2. The minimum atomic E-state index is 0.119. The molecule has 1 aromatic rings. The van der Waals surface area contributed by atoms with Crippen molar-refractivity contribution >= 4 is 6.29 Å². The van der Waals surface area contributed by atoms with Crippen LogP contribution in [0.3, 0.4) is 0 Å². The fourth-order valence-corrected chi connectivity index (χ4v) is 1.83. The fraction of sp³-hybridized carbons (Fsp3) is 0.533. The lowest BCUT2D eigenvalue weighted by Gasteiger charge is -2.18. The Morgan fingerprint density at radius 1 is 1.12 bits per heavy atom. The lowest BCUT2D eigenvalue weighted by molar-refractivity contribution is -0.110. The molecule has 1 heteroatoms. The number of carbonyl (C=O) groups excluding carboxylic acids is 1. The molecule has 0 aliphatic rings. The maximum atomic E-state index is 10.6. The third kappa shape index (κ3) is 4.61. The molecule has 0 aromatic heterocycles. The maximum absolute atomic E-state index is 10.6. The molecule has 0 saturated heterocycles. The van der Waals surface area contributed by atoms with Crippen LogP contribution in [-0.2, 0) is 17.6 Å². The normalized spacial score (nSPS) is 13.5. The van der Waals surface area contributed by atoms with Crippen molar-refractivity contribution in [3.05, 3.63) is 35.4 Å². The number of hydrogen-bond donors (Lipinski definition) is 0. The molecule has 0 bridgehead atoms. The smallest absolute Gasteiger partial charge is 0.123 e. The summed E-state index contributed by atoms with van der Waals surface area (Å²) in [5, 5.41) is 0. The molecule has 1 rings (SSSR count). The van der Waals surface area contributed by atoms with E-state index < -0.39 is 0 Å². The first-order valence-electron chi connectivity index (χ1n) is 5.94. The van der Waals surface area contributed by atoms with Crippen LogP contribution in [0.15, 0.2) is 24.3 Å². The summed E-state index contributed by atoms with van der Waals surface area (Å²) < 4.78 is 0. The summed E-state index contributed by atoms with van der Waals surface area (Å²) in [5.41, 5.74) is 2.95. The summed E-state index contributed by atoms with van der Waals surface area (Å²) >= 11 is 0. The first kappa shape index (κ1) is 13.0. The summed E-state index contributed by atoms with van der Waals surface area (Å²) in [6.45, 7) is 8.69. The third-order valence-corrected chi connectivity index (χ3v) is 2.55. The summed E-state index contributed by atoms with van der Waals surface area (Å²) in [5.74, 6) is 0.119. The summed E-state index contributed by atoms with van der Waals surface area (Å²) in [6.07, 6.45) is 2.96. The second-order valence-corrected chi connectivity index (χ2v) is 5.87. The van der Waals surface area contributed by atoms with E-state index in [-0.39, 0.29) is 5.92 Å². The van der Waals surface area contributed by atoms with E-state index in [1.165, 1.54) is 11.1 Å². The fourth-order valence-electron chi connectivity index (χ4n) is 1.83. The lowest BCUT2D eigenvalue weighted by atomic mass is 9.87. The van der Waals surface area contributed by atoms with Crippen molar-refractivity contribution in [2.75, 3.05) is 0 Å². The largest absolute Gasteiger partial charge is 0.303 e. The van der Waals surface area contributed by atoms with E-state index in [2.05, 4.69) is 45.0 Å². The first-order chi connectivity index (χ1) is 7.40. The van der Waals surface area contributed by atoms with Gasteiger partial charge < -0.3 is 4.79 Å². The van der Waals surface area contributed by atoms with Crippen molar-refractivity contribution in [2.24, 2.45) is 11.3 Å². The van der Waals surface area contributed by atoms with Gasteiger partial charge in [-0.3, -0.25) is 0 Å². The van der Waals surface area contributed by atoms with Crippen molar-refractivity contribution in [1.82, 2.24) is 0 Å². The van der Waals surface area contributed by atoms with Crippen molar-refractivity contribution in [2.45, 2.75) is 40.5 Å². The van der Waals surface area contributed by atoms with Crippen LogP contribution in [0.2, 0.25) is 0 Å². The van der Waals surface area contributed by atoms with Gasteiger partial charge in [0.05, 0.1) is 0 Å². The van der Waals surface area contributed by atoms with Gasteiger partial charge in [0.15, 0.2) is 0 Å². The molecule has 1 atom stereocenters. The van der Waals surface area contributed by atoms with Crippen LogP contribution < -0.4 is 0 Å². The van der Waals surface area contributed by atoms with E-state index in [4.69, 9.17) is 0 Å². The third-order valence-electron chi connectivity index (χ3n) is 2.55. The maximum Gasteiger partial charge on any atom is 0.123 e. The molecule has 1 unspecified atom stereocenters. The van der Waals surface area contributed by atoms with Crippen LogP contribution in [0.5, 0.6) is 0 Å². The molecule has 0 saturated carbocycles. The zero-order valence-electron chi connectivity index (χ0n) is 10.8. The Morgan fingerprint density at radius 2 is 1.62 bits per heavy atom. The Labute approximate surface area is 98.9 Å². The molecule has 0 aliphatic heterocycles. The first-order valence-corrected chi connectivity index (χ1v) is 5.94. The second-order valence-electron chi connectivity index (χ2n) is 5.87. The number of hydrogen-bond acceptors (Lipinski definition) is 1. The van der Waals surface area contributed by atoms with Gasteiger partial charge in [-0.1, -0.05) is 52.0 Å². The van der Waals surface area contributed by atoms with E-state index in [0.29, 0.717) is 5.41 Å². The monoisotopic (exact) mass is 218 g/mol. The molecule has 0 spiro atoms. The highest BCUT2D eigenvalue weighted by atomic mass is 16.1. The van der Waals surface area contributed by atoms with Gasteiger partial charge in [-0.2, -0.15) is 0 Å². The number of benzene rings is 1. The van der Waals surface area contributed by atoms with Crippen LogP contribution in [0.1, 0.15) is 38.8 Å². The molecule has 0 N–H and O–H groups in total. The van der Waals surface area contributed by atoms with Gasteiger partial charge in [0, 0.05) is 5.92 Å². The molecule has 0 fully saturated rings. The average molecular weight is 218 g/mol. The lowest BCUT2D eigenvalue weighted by Crippen LogP contribution is -2.09. The highest BCUT2D eigenvalue weighted by molar-refractivity contribution is 5.53. The van der Waals surface area contributed by atoms with Crippen molar-refractivity contribution in [1.29, 1.82) is 0 Å². The van der Waals surface area contributed by atoms with Crippen LogP contribution in [0, 0.1) is 11.3 Å².